The predicted molar refractivity (Wildman–Crippen MR) is 98.8 cm³/mol. The van der Waals surface area contributed by atoms with Crippen LogP contribution >= 0.6 is 0 Å². The number of benzene rings is 2. The van der Waals surface area contributed by atoms with Gasteiger partial charge >= 0.3 is 5.97 Å². The summed E-state index contributed by atoms with van der Waals surface area (Å²) in [7, 11) is -2.57. The molecule has 2 N–H and O–H groups in total. The lowest BCUT2D eigenvalue weighted by molar-refractivity contribution is -0.151. The van der Waals surface area contributed by atoms with Crippen molar-refractivity contribution in [2.75, 3.05) is 19.0 Å². The molecule has 0 heterocycles. The minimum atomic E-state index is -4.02. The van der Waals surface area contributed by atoms with Crippen LogP contribution in [0.1, 0.15) is 6.92 Å². The summed E-state index contributed by atoms with van der Waals surface area (Å²) in [5.74, 6) is -1.72. The van der Waals surface area contributed by atoms with Crippen LogP contribution in [0.15, 0.2) is 53.4 Å². The Balaban J connectivity index is 1.89. The number of nitrogens with one attached hydrogen (secondary N) is 2. The van der Waals surface area contributed by atoms with E-state index in [1.165, 1.54) is 14.0 Å². The van der Waals surface area contributed by atoms with E-state index >= 15 is 0 Å². The van der Waals surface area contributed by atoms with E-state index < -0.39 is 40.4 Å². The van der Waals surface area contributed by atoms with Gasteiger partial charge in [-0.2, -0.15) is 4.72 Å². The molecule has 0 aliphatic rings. The molecule has 0 unspecified atom stereocenters. The first-order chi connectivity index (χ1) is 13.2. The van der Waals surface area contributed by atoms with E-state index in [0.717, 1.165) is 24.3 Å². The van der Waals surface area contributed by atoms with Crippen LogP contribution in [0, 0.1) is 5.82 Å². The lowest BCUT2D eigenvalue weighted by Crippen LogP contribution is -2.35. The fraction of sp³-hybridized carbons (Fsp3) is 0.222. The standard InChI is InChI=1S/C18H19FN2O6S/c1-12(18(23)21-15-5-3-4-6-16(15)26-2)27-17(22)11-20-28(24,25)14-9-7-13(19)8-10-14/h3-10,12,20H,11H2,1-2H3,(H,21,23)/t12-/m0/s1. The van der Waals surface area contributed by atoms with Crippen molar-refractivity contribution in [2.45, 2.75) is 17.9 Å². The Morgan fingerprint density at radius 3 is 2.39 bits per heavy atom. The van der Waals surface area contributed by atoms with Gasteiger partial charge in [-0.05, 0) is 43.3 Å². The maximum Gasteiger partial charge on any atom is 0.321 e. The Morgan fingerprint density at radius 2 is 1.75 bits per heavy atom. The molecule has 0 fully saturated rings. The van der Waals surface area contributed by atoms with Gasteiger partial charge in [-0.3, -0.25) is 9.59 Å². The Labute approximate surface area is 161 Å². The van der Waals surface area contributed by atoms with E-state index in [4.69, 9.17) is 9.47 Å². The largest absolute Gasteiger partial charge is 0.495 e. The number of rotatable bonds is 8. The number of ether oxygens (including phenoxy) is 2. The van der Waals surface area contributed by atoms with E-state index in [0.29, 0.717) is 11.4 Å². The third-order valence-corrected chi connectivity index (χ3v) is 4.99. The maximum atomic E-state index is 12.9. The van der Waals surface area contributed by atoms with E-state index in [2.05, 4.69) is 5.32 Å². The summed E-state index contributed by atoms with van der Waals surface area (Å²) in [6.07, 6.45) is -1.17. The maximum absolute atomic E-state index is 12.9. The molecular formula is C18H19FN2O6S. The predicted octanol–water partition coefficient (Wildman–Crippen LogP) is 1.68. The second-order valence-corrected chi connectivity index (χ2v) is 7.37. The molecule has 0 saturated carbocycles. The molecule has 1 atom stereocenters. The SMILES string of the molecule is COc1ccccc1NC(=O)[C@H](C)OC(=O)CNS(=O)(=O)c1ccc(F)cc1. The van der Waals surface area contributed by atoms with Crippen LogP contribution in [-0.4, -0.2) is 40.1 Å². The molecule has 0 spiro atoms. The van der Waals surface area contributed by atoms with Crippen LogP contribution < -0.4 is 14.8 Å². The highest BCUT2D eigenvalue weighted by molar-refractivity contribution is 7.89. The number of halogens is 1. The number of hydrogen-bond acceptors (Lipinski definition) is 6. The van der Waals surface area contributed by atoms with E-state index in [1.54, 1.807) is 24.3 Å². The monoisotopic (exact) mass is 410 g/mol. The number of carbonyl (C=O) groups is 2. The van der Waals surface area contributed by atoms with E-state index in [-0.39, 0.29) is 4.90 Å². The van der Waals surface area contributed by atoms with Gasteiger partial charge in [0.25, 0.3) is 5.91 Å². The van der Waals surface area contributed by atoms with Crippen LogP contribution in [0.4, 0.5) is 10.1 Å². The molecule has 1 amide bonds. The number of methoxy groups -OCH3 is 1. The van der Waals surface area contributed by atoms with Crippen molar-refractivity contribution >= 4 is 27.6 Å². The number of carbonyl (C=O) groups excluding carboxylic acids is 2. The number of amides is 1. The van der Waals surface area contributed by atoms with Gasteiger partial charge in [0.15, 0.2) is 6.10 Å². The van der Waals surface area contributed by atoms with Gasteiger partial charge < -0.3 is 14.8 Å². The van der Waals surface area contributed by atoms with Crippen molar-refractivity contribution in [1.29, 1.82) is 0 Å². The van der Waals surface area contributed by atoms with Gasteiger partial charge in [-0.25, -0.2) is 12.8 Å². The fourth-order valence-corrected chi connectivity index (χ4v) is 3.09. The summed E-state index contributed by atoms with van der Waals surface area (Å²) in [5, 5.41) is 2.55. The highest BCUT2D eigenvalue weighted by Gasteiger charge is 2.21. The highest BCUT2D eigenvalue weighted by atomic mass is 32.2. The molecule has 0 radical (unpaired) electrons. The quantitative estimate of drug-likeness (QED) is 0.641. The van der Waals surface area contributed by atoms with Crippen molar-refractivity contribution in [3.63, 3.8) is 0 Å². The minimum Gasteiger partial charge on any atom is -0.495 e. The average Bonchev–Trinajstić information content (AvgIpc) is 2.67. The Bertz CT molecular complexity index is 947. The molecule has 2 rings (SSSR count). The number of hydrogen-bond donors (Lipinski definition) is 2. The molecule has 2 aromatic carbocycles. The first-order valence-corrected chi connectivity index (χ1v) is 9.60. The van der Waals surface area contributed by atoms with Crippen molar-refractivity contribution in [3.8, 4) is 5.75 Å². The fourth-order valence-electron chi connectivity index (χ4n) is 2.13. The van der Waals surface area contributed by atoms with Gasteiger partial charge in [0.05, 0.1) is 17.7 Å². The van der Waals surface area contributed by atoms with Crippen LogP contribution in [0.2, 0.25) is 0 Å². The van der Waals surface area contributed by atoms with Crippen LogP contribution in [0.3, 0.4) is 0 Å². The average molecular weight is 410 g/mol. The third kappa shape index (κ3) is 5.76. The smallest absolute Gasteiger partial charge is 0.321 e. The second-order valence-electron chi connectivity index (χ2n) is 5.60. The Hall–Kier alpha value is -2.98. The molecule has 2 aromatic rings. The topological polar surface area (TPSA) is 111 Å². The lowest BCUT2D eigenvalue weighted by Gasteiger charge is -2.15. The molecular weight excluding hydrogens is 391 g/mol. The van der Waals surface area contributed by atoms with Crippen molar-refractivity contribution in [3.05, 3.63) is 54.3 Å². The number of para-hydroxylation sites is 2. The van der Waals surface area contributed by atoms with Crippen LogP contribution in [-0.2, 0) is 24.3 Å². The Kier molecular flexibility index (Phi) is 7.07. The molecule has 10 heteroatoms. The summed E-state index contributed by atoms with van der Waals surface area (Å²) >= 11 is 0. The highest BCUT2D eigenvalue weighted by Crippen LogP contribution is 2.23. The van der Waals surface area contributed by atoms with Crippen LogP contribution in [0.5, 0.6) is 5.75 Å². The zero-order chi connectivity index (χ0) is 20.7. The lowest BCUT2D eigenvalue weighted by atomic mass is 10.2. The number of sulfonamides is 1. The molecule has 0 saturated heterocycles. The first kappa shape index (κ1) is 21.3. The molecule has 0 bridgehead atoms. The second kappa shape index (κ2) is 9.29. The summed E-state index contributed by atoms with van der Waals surface area (Å²) in [6.45, 7) is 0.656. The molecule has 0 aliphatic carbocycles. The number of esters is 1. The summed E-state index contributed by atoms with van der Waals surface area (Å²) in [5.41, 5.74) is 0.398. The van der Waals surface area contributed by atoms with Crippen molar-refractivity contribution < 1.29 is 31.9 Å². The number of anilines is 1. The first-order valence-electron chi connectivity index (χ1n) is 8.11. The zero-order valence-electron chi connectivity index (χ0n) is 15.1. The summed E-state index contributed by atoms with van der Waals surface area (Å²) < 4.78 is 49.0. The molecule has 0 aromatic heterocycles. The molecule has 28 heavy (non-hydrogen) atoms. The van der Waals surface area contributed by atoms with Gasteiger partial charge in [0.2, 0.25) is 10.0 Å². The molecule has 150 valence electrons. The normalized spacial score (nSPS) is 12.1. The molecule has 8 nitrogen and oxygen atoms in total. The van der Waals surface area contributed by atoms with E-state index in [1.807, 2.05) is 4.72 Å². The Morgan fingerprint density at radius 1 is 1.11 bits per heavy atom. The van der Waals surface area contributed by atoms with Gasteiger partial charge in [-0.1, -0.05) is 12.1 Å². The molecule has 0 aliphatic heterocycles. The third-order valence-electron chi connectivity index (χ3n) is 3.57. The van der Waals surface area contributed by atoms with Gasteiger partial charge in [0, 0.05) is 0 Å². The summed E-state index contributed by atoms with van der Waals surface area (Å²) in [4.78, 5) is 23.8. The minimum absolute atomic E-state index is 0.205. The van der Waals surface area contributed by atoms with Gasteiger partial charge in [-0.15, -0.1) is 0 Å². The zero-order valence-corrected chi connectivity index (χ0v) is 16.0. The van der Waals surface area contributed by atoms with Gasteiger partial charge in [0.1, 0.15) is 18.1 Å². The van der Waals surface area contributed by atoms with Crippen LogP contribution in [0.25, 0.3) is 0 Å². The van der Waals surface area contributed by atoms with E-state index in [9.17, 15) is 22.4 Å². The van der Waals surface area contributed by atoms with Crippen molar-refractivity contribution in [2.24, 2.45) is 0 Å². The summed E-state index contributed by atoms with van der Waals surface area (Å²) in [6, 6.07) is 10.8. The van der Waals surface area contributed by atoms with Crippen molar-refractivity contribution in [1.82, 2.24) is 4.72 Å².